The number of hydrogen-bond donors (Lipinski definition) is 1. The second kappa shape index (κ2) is 3.58. The molecule has 0 amide bonds. The Morgan fingerprint density at radius 1 is 1.80 bits per heavy atom. The molecule has 1 rings (SSSR count). The van der Waals surface area contributed by atoms with Crippen LogP contribution in [0.25, 0.3) is 0 Å². The summed E-state index contributed by atoms with van der Waals surface area (Å²) in [6.45, 7) is 3.26. The van der Waals surface area contributed by atoms with Crippen molar-refractivity contribution in [3.05, 3.63) is 0 Å². The molecule has 1 aliphatic heterocycles. The first-order chi connectivity index (χ1) is 4.60. The Hall–Kier alpha value is 0.970. The number of halogens is 1. The van der Waals surface area contributed by atoms with Crippen LogP contribution in [-0.4, -0.2) is 20.0 Å². The third kappa shape index (κ3) is 2.92. The maximum absolute atomic E-state index is 5.11. The summed E-state index contributed by atoms with van der Waals surface area (Å²) < 4.78 is 0.318. The first kappa shape index (κ1) is 9.06. The van der Waals surface area contributed by atoms with Gasteiger partial charge >= 0.3 is 0 Å². The van der Waals surface area contributed by atoms with E-state index in [2.05, 4.69) is 34.8 Å². The normalized spacial score (nSPS) is 34.8. The lowest BCUT2D eigenvalue weighted by atomic mass is 10.3. The Bertz CT molecular complexity index is 147. The maximum Gasteiger partial charge on any atom is 0.0775 e. The Kier molecular flexibility index (Phi) is 3.24. The molecule has 1 fully saturated rings. The third-order valence-electron chi connectivity index (χ3n) is 1.30. The maximum atomic E-state index is 5.11. The van der Waals surface area contributed by atoms with Gasteiger partial charge in [0.15, 0.2) is 0 Å². The van der Waals surface area contributed by atoms with Crippen LogP contribution in [0.15, 0.2) is 0 Å². The van der Waals surface area contributed by atoms with Crippen LogP contribution < -0.4 is 5.32 Å². The van der Waals surface area contributed by atoms with Crippen LogP contribution >= 0.6 is 46.6 Å². The summed E-state index contributed by atoms with van der Waals surface area (Å²) in [6, 6.07) is 0. The Morgan fingerprint density at radius 3 is 3.20 bits per heavy atom. The molecule has 1 nitrogen and oxygen atoms in total. The van der Waals surface area contributed by atoms with Crippen molar-refractivity contribution >= 4 is 51.6 Å². The lowest BCUT2D eigenvalue weighted by Gasteiger charge is -2.17. The van der Waals surface area contributed by atoms with Gasteiger partial charge in [-0.25, -0.2) is 0 Å². The van der Waals surface area contributed by atoms with Gasteiger partial charge in [-0.05, 0) is 6.92 Å². The number of thioether (sulfide) groups is 1. The van der Waals surface area contributed by atoms with E-state index in [0.717, 1.165) is 18.0 Å². The van der Waals surface area contributed by atoms with Gasteiger partial charge in [0.2, 0.25) is 0 Å². The summed E-state index contributed by atoms with van der Waals surface area (Å²) in [5.41, 5.74) is 0. The van der Waals surface area contributed by atoms with E-state index in [0.29, 0.717) is 2.75 Å². The van der Waals surface area contributed by atoms with Gasteiger partial charge in [-0.1, -0.05) is 34.8 Å². The predicted molar refractivity (Wildman–Crippen MR) is 60.1 cm³/mol. The number of thiocarbonyl (C=S) groups is 1. The molecule has 1 atom stereocenters. The van der Waals surface area contributed by atoms with E-state index in [1.807, 2.05) is 11.8 Å². The van der Waals surface area contributed by atoms with Crippen molar-refractivity contribution in [1.82, 2.24) is 5.32 Å². The van der Waals surface area contributed by atoms with Gasteiger partial charge in [-0.3, -0.25) is 0 Å². The quantitative estimate of drug-likeness (QED) is 0.417. The van der Waals surface area contributed by atoms with Gasteiger partial charge < -0.3 is 5.32 Å². The van der Waals surface area contributed by atoms with Gasteiger partial charge in [-0.2, -0.15) is 0 Å². The van der Waals surface area contributed by atoms with E-state index in [-0.39, 0.29) is 0 Å². The molecular formula is C6H10INS2. The van der Waals surface area contributed by atoms with E-state index < -0.39 is 0 Å². The minimum atomic E-state index is 0.318. The van der Waals surface area contributed by atoms with Crippen molar-refractivity contribution in [3.8, 4) is 0 Å². The van der Waals surface area contributed by atoms with Crippen LogP contribution in [0.5, 0.6) is 0 Å². The lowest BCUT2D eigenvalue weighted by molar-refractivity contribution is 0.945. The number of hydrogen-bond acceptors (Lipinski definition) is 2. The highest BCUT2D eigenvalue weighted by molar-refractivity contribution is 14.1. The summed E-state index contributed by atoms with van der Waals surface area (Å²) in [5.74, 6) is 1.17. The van der Waals surface area contributed by atoms with Crippen molar-refractivity contribution in [2.75, 3.05) is 12.3 Å². The van der Waals surface area contributed by atoms with Crippen LogP contribution in [0.3, 0.4) is 0 Å². The smallest absolute Gasteiger partial charge is 0.0775 e. The zero-order valence-electron chi connectivity index (χ0n) is 5.82. The highest BCUT2D eigenvalue weighted by Crippen LogP contribution is 2.36. The van der Waals surface area contributed by atoms with Crippen LogP contribution in [-0.2, 0) is 0 Å². The fraction of sp³-hybridized carbons (Fsp3) is 0.833. The number of rotatable bonds is 0. The molecule has 0 aromatic carbocycles. The Labute approximate surface area is 84.9 Å². The summed E-state index contributed by atoms with van der Waals surface area (Å²) in [4.78, 5) is 1.02. The highest BCUT2D eigenvalue weighted by Gasteiger charge is 2.24. The molecule has 1 unspecified atom stereocenters. The van der Waals surface area contributed by atoms with E-state index in [1.165, 1.54) is 5.75 Å². The van der Waals surface area contributed by atoms with Crippen LogP contribution in [0.1, 0.15) is 13.3 Å². The molecule has 0 saturated carbocycles. The highest BCUT2D eigenvalue weighted by atomic mass is 127. The van der Waals surface area contributed by atoms with E-state index >= 15 is 0 Å². The van der Waals surface area contributed by atoms with E-state index in [4.69, 9.17) is 12.2 Å². The van der Waals surface area contributed by atoms with Crippen molar-refractivity contribution in [1.29, 1.82) is 0 Å². The molecule has 0 aromatic rings. The summed E-state index contributed by atoms with van der Waals surface area (Å²) in [7, 11) is 0. The van der Waals surface area contributed by atoms with Gasteiger partial charge in [0.25, 0.3) is 0 Å². The minimum Gasteiger partial charge on any atom is -0.379 e. The summed E-state index contributed by atoms with van der Waals surface area (Å²) >= 11 is 9.56. The second-order valence-electron chi connectivity index (χ2n) is 2.48. The Balaban J connectivity index is 2.54. The molecule has 4 heteroatoms. The third-order valence-corrected chi connectivity index (χ3v) is 4.06. The molecule has 0 aromatic heterocycles. The fourth-order valence-electron chi connectivity index (χ4n) is 0.855. The molecule has 1 saturated heterocycles. The van der Waals surface area contributed by atoms with Gasteiger partial charge in [0, 0.05) is 18.7 Å². The first-order valence-electron chi connectivity index (χ1n) is 3.20. The molecule has 0 bridgehead atoms. The molecule has 1 aliphatic rings. The number of alkyl halides is 1. The molecule has 0 radical (unpaired) electrons. The van der Waals surface area contributed by atoms with Crippen molar-refractivity contribution in [3.63, 3.8) is 0 Å². The molecule has 1 N–H and O–H groups in total. The molecule has 1 heterocycles. The van der Waals surface area contributed by atoms with Gasteiger partial charge in [0.1, 0.15) is 0 Å². The van der Waals surface area contributed by atoms with Crippen LogP contribution in [0.4, 0.5) is 0 Å². The first-order valence-corrected chi connectivity index (χ1v) is 5.67. The molecule has 58 valence electrons. The molecular weight excluding hydrogens is 277 g/mol. The standard InChI is InChI=1S/C6H10INS2/c1-6(7)4-5(9)8-2-3-10-6/h2-4H2,1H3,(H,8,9). The van der Waals surface area contributed by atoms with Crippen molar-refractivity contribution in [2.24, 2.45) is 0 Å². The summed E-state index contributed by atoms with van der Waals surface area (Å²) in [6.07, 6.45) is 1.01. The largest absolute Gasteiger partial charge is 0.379 e. The average molecular weight is 287 g/mol. The zero-order chi connectivity index (χ0) is 7.61. The number of nitrogens with one attached hydrogen (secondary N) is 1. The average Bonchev–Trinajstić information content (AvgIpc) is 1.90. The van der Waals surface area contributed by atoms with Gasteiger partial charge in [0.05, 0.1) is 7.74 Å². The topological polar surface area (TPSA) is 12.0 Å². The van der Waals surface area contributed by atoms with Crippen molar-refractivity contribution < 1.29 is 0 Å². The zero-order valence-corrected chi connectivity index (χ0v) is 9.61. The van der Waals surface area contributed by atoms with Crippen LogP contribution in [0.2, 0.25) is 0 Å². The molecule has 0 aliphatic carbocycles. The lowest BCUT2D eigenvalue weighted by Crippen LogP contribution is -2.23. The summed E-state index contributed by atoms with van der Waals surface area (Å²) in [5, 5.41) is 3.21. The molecule has 0 spiro atoms. The predicted octanol–water partition coefficient (Wildman–Crippen LogP) is 2.19. The van der Waals surface area contributed by atoms with E-state index in [9.17, 15) is 0 Å². The monoisotopic (exact) mass is 287 g/mol. The van der Waals surface area contributed by atoms with Crippen LogP contribution in [0, 0.1) is 0 Å². The van der Waals surface area contributed by atoms with Crippen molar-refractivity contribution in [2.45, 2.75) is 16.1 Å². The van der Waals surface area contributed by atoms with Gasteiger partial charge in [-0.15, -0.1) is 11.8 Å². The fourth-order valence-corrected chi connectivity index (χ4v) is 3.51. The SMILES string of the molecule is CC1(I)CC(=S)NCCS1. The minimum absolute atomic E-state index is 0.318. The Morgan fingerprint density at radius 2 is 2.50 bits per heavy atom. The second-order valence-corrected chi connectivity index (χ2v) is 7.68. The molecule has 10 heavy (non-hydrogen) atoms. The van der Waals surface area contributed by atoms with E-state index in [1.54, 1.807) is 0 Å².